The first kappa shape index (κ1) is 13.0. The molecule has 2 heterocycles. The number of ether oxygens (including phenoxy) is 2. The lowest BCUT2D eigenvalue weighted by Gasteiger charge is -2.26. The van der Waals surface area contributed by atoms with Gasteiger partial charge in [-0.15, -0.1) is 0 Å². The van der Waals surface area contributed by atoms with Gasteiger partial charge >= 0.3 is 0 Å². The van der Waals surface area contributed by atoms with Crippen molar-refractivity contribution < 1.29 is 13.9 Å². The SMILES string of the molecule is Fc1cccc(C[C@@H]2CCCN2CC2OCCO2)c1. The zero-order valence-corrected chi connectivity index (χ0v) is 11.1. The summed E-state index contributed by atoms with van der Waals surface area (Å²) >= 11 is 0. The highest BCUT2D eigenvalue weighted by Gasteiger charge is 2.28. The Morgan fingerprint density at radius 3 is 2.89 bits per heavy atom. The zero-order valence-electron chi connectivity index (χ0n) is 11.1. The van der Waals surface area contributed by atoms with Crippen LogP contribution in [0.5, 0.6) is 0 Å². The predicted molar refractivity (Wildman–Crippen MR) is 70.4 cm³/mol. The molecule has 2 saturated heterocycles. The lowest BCUT2D eigenvalue weighted by molar-refractivity contribution is -0.0638. The number of rotatable bonds is 4. The number of halogens is 1. The summed E-state index contributed by atoms with van der Waals surface area (Å²) in [5, 5.41) is 0. The smallest absolute Gasteiger partial charge is 0.170 e. The minimum absolute atomic E-state index is 0.0758. The summed E-state index contributed by atoms with van der Waals surface area (Å²) in [6.45, 7) is 3.32. The van der Waals surface area contributed by atoms with Gasteiger partial charge in [0.2, 0.25) is 0 Å². The van der Waals surface area contributed by atoms with E-state index in [1.807, 2.05) is 6.07 Å². The molecule has 3 nitrogen and oxygen atoms in total. The summed E-state index contributed by atoms with van der Waals surface area (Å²) < 4.78 is 24.2. The first-order chi connectivity index (χ1) is 9.31. The molecule has 0 spiro atoms. The molecule has 1 atom stereocenters. The first-order valence-corrected chi connectivity index (χ1v) is 7.03. The van der Waals surface area contributed by atoms with Crippen molar-refractivity contribution >= 4 is 0 Å². The third kappa shape index (κ3) is 3.32. The number of benzene rings is 1. The Morgan fingerprint density at radius 1 is 1.26 bits per heavy atom. The number of hydrogen-bond acceptors (Lipinski definition) is 3. The molecule has 2 aliphatic rings. The molecule has 4 heteroatoms. The molecular weight excluding hydrogens is 245 g/mol. The van der Waals surface area contributed by atoms with Gasteiger partial charge in [-0.2, -0.15) is 0 Å². The van der Waals surface area contributed by atoms with Crippen molar-refractivity contribution in [3.8, 4) is 0 Å². The summed E-state index contributed by atoms with van der Waals surface area (Å²) in [7, 11) is 0. The highest BCUT2D eigenvalue weighted by molar-refractivity contribution is 5.17. The van der Waals surface area contributed by atoms with Crippen molar-refractivity contribution in [3.63, 3.8) is 0 Å². The van der Waals surface area contributed by atoms with Gasteiger partial charge in [0.1, 0.15) is 5.82 Å². The molecule has 2 aliphatic heterocycles. The molecule has 0 saturated carbocycles. The molecule has 1 aromatic carbocycles. The highest BCUT2D eigenvalue weighted by atomic mass is 19.1. The van der Waals surface area contributed by atoms with Crippen LogP contribution < -0.4 is 0 Å². The molecule has 19 heavy (non-hydrogen) atoms. The predicted octanol–water partition coefficient (Wildman–Crippen LogP) is 2.21. The molecule has 0 bridgehead atoms. The van der Waals surface area contributed by atoms with Gasteiger partial charge in [-0.05, 0) is 43.5 Å². The Kier molecular flexibility index (Phi) is 4.11. The lowest BCUT2D eigenvalue weighted by atomic mass is 10.0. The average Bonchev–Trinajstić information content (AvgIpc) is 3.03. The van der Waals surface area contributed by atoms with E-state index in [2.05, 4.69) is 4.90 Å². The highest BCUT2D eigenvalue weighted by Crippen LogP contribution is 2.23. The summed E-state index contributed by atoms with van der Waals surface area (Å²) in [6, 6.07) is 7.40. The van der Waals surface area contributed by atoms with Crippen molar-refractivity contribution in [2.24, 2.45) is 0 Å². The van der Waals surface area contributed by atoms with E-state index in [9.17, 15) is 4.39 Å². The van der Waals surface area contributed by atoms with Gasteiger partial charge in [-0.3, -0.25) is 4.90 Å². The van der Waals surface area contributed by atoms with Crippen molar-refractivity contribution in [2.45, 2.75) is 31.6 Å². The standard InChI is InChI=1S/C15H20FNO2/c16-13-4-1-3-12(9-13)10-14-5-2-6-17(14)11-15-18-7-8-19-15/h1,3-4,9,14-15H,2,5-8,10-11H2/t14-/m0/s1. The second-order valence-corrected chi connectivity index (χ2v) is 5.30. The van der Waals surface area contributed by atoms with E-state index in [-0.39, 0.29) is 12.1 Å². The summed E-state index contributed by atoms with van der Waals surface area (Å²) in [5.41, 5.74) is 1.07. The fraction of sp³-hybridized carbons (Fsp3) is 0.600. The number of hydrogen-bond donors (Lipinski definition) is 0. The van der Waals surface area contributed by atoms with Gasteiger partial charge in [-0.25, -0.2) is 4.39 Å². The quantitative estimate of drug-likeness (QED) is 0.833. The Hall–Kier alpha value is -0.970. The molecule has 0 aromatic heterocycles. The minimum Gasteiger partial charge on any atom is -0.349 e. The van der Waals surface area contributed by atoms with Gasteiger partial charge in [0, 0.05) is 12.6 Å². The van der Waals surface area contributed by atoms with Gasteiger partial charge in [0.15, 0.2) is 6.29 Å². The number of nitrogens with zero attached hydrogens (tertiary/aromatic N) is 1. The van der Waals surface area contributed by atoms with Gasteiger partial charge in [-0.1, -0.05) is 12.1 Å². The van der Waals surface area contributed by atoms with Gasteiger partial charge in [0.05, 0.1) is 13.2 Å². The zero-order chi connectivity index (χ0) is 13.1. The van der Waals surface area contributed by atoms with Crippen LogP contribution >= 0.6 is 0 Å². The van der Waals surface area contributed by atoms with E-state index >= 15 is 0 Å². The Bertz CT molecular complexity index is 420. The minimum atomic E-state index is -0.149. The third-order valence-electron chi connectivity index (χ3n) is 3.93. The topological polar surface area (TPSA) is 21.7 Å². The fourth-order valence-corrected chi connectivity index (χ4v) is 3.01. The van der Waals surface area contributed by atoms with Crippen molar-refractivity contribution in [1.82, 2.24) is 4.90 Å². The van der Waals surface area contributed by atoms with E-state index in [1.54, 1.807) is 12.1 Å². The lowest BCUT2D eigenvalue weighted by Crippen LogP contribution is -2.37. The molecular formula is C15H20FNO2. The molecule has 104 valence electrons. The molecule has 1 aromatic rings. The van der Waals surface area contributed by atoms with Crippen LogP contribution in [0.1, 0.15) is 18.4 Å². The van der Waals surface area contributed by atoms with Crippen LogP contribution in [0.4, 0.5) is 4.39 Å². The molecule has 0 unspecified atom stereocenters. The van der Waals surface area contributed by atoms with Crippen LogP contribution in [-0.4, -0.2) is 43.5 Å². The maximum Gasteiger partial charge on any atom is 0.170 e. The van der Waals surface area contributed by atoms with Crippen molar-refractivity contribution in [3.05, 3.63) is 35.6 Å². The van der Waals surface area contributed by atoms with E-state index in [0.717, 1.165) is 25.1 Å². The van der Waals surface area contributed by atoms with E-state index < -0.39 is 0 Å². The second-order valence-electron chi connectivity index (χ2n) is 5.30. The first-order valence-electron chi connectivity index (χ1n) is 7.03. The van der Waals surface area contributed by atoms with Crippen molar-refractivity contribution in [2.75, 3.05) is 26.3 Å². The molecule has 0 aliphatic carbocycles. The van der Waals surface area contributed by atoms with Crippen molar-refractivity contribution in [1.29, 1.82) is 0 Å². The van der Waals surface area contributed by atoms with E-state index in [0.29, 0.717) is 19.3 Å². The van der Waals surface area contributed by atoms with Crippen LogP contribution in [0.15, 0.2) is 24.3 Å². The third-order valence-corrected chi connectivity index (χ3v) is 3.93. The second kappa shape index (κ2) is 5.99. The van der Waals surface area contributed by atoms with Gasteiger partial charge in [0.25, 0.3) is 0 Å². The summed E-state index contributed by atoms with van der Waals surface area (Å²) in [6.07, 6.45) is 3.20. The Balaban J connectivity index is 1.59. The molecule has 2 fully saturated rings. The molecule has 0 radical (unpaired) electrons. The summed E-state index contributed by atoms with van der Waals surface area (Å²) in [5.74, 6) is -0.149. The van der Waals surface area contributed by atoms with Crippen LogP contribution in [-0.2, 0) is 15.9 Å². The maximum absolute atomic E-state index is 13.2. The van der Waals surface area contributed by atoms with Crippen LogP contribution in [0, 0.1) is 5.82 Å². The maximum atomic E-state index is 13.2. The Morgan fingerprint density at radius 2 is 2.11 bits per heavy atom. The van der Waals surface area contributed by atoms with Crippen LogP contribution in [0.3, 0.4) is 0 Å². The van der Waals surface area contributed by atoms with Crippen LogP contribution in [0.2, 0.25) is 0 Å². The van der Waals surface area contributed by atoms with E-state index in [1.165, 1.54) is 18.9 Å². The van der Waals surface area contributed by atoms with Crippen LogP contribution in [0.25, 0.3) is 0 Å². The normalized spacial score (nSPS) is 25.2. The average molecular weight is 265 g/mol. The monoisotopic (exact) mass is 265 g/mol. The van der Waals surface area contributed by atoms with Gasteiger partial charge < -0.3 is 9.47 Å². The molecule has 3 rings (SSSR count). The molecule has 0 amide bonds. The summed E-state index contributed by atoms with van der Waals surface area (Å²) in [4.78, 5) is 2.42. The Labute approximate surface area is 113 Å². The largest absolute Gasteiger partial charge is 0.349 e. The number of likely N-dealkylation sites (tertiary alicyclic amines) is 1. The molecule has 0 N–H and O–H groups in total. The van der Waals surface area contributed by atoms with E-state index in [4.69, 9.17) is 9.47 Å². The fourth-order valence-electron chi connectivity index (χ4n) is 3.01.